The zero-order valence-electron chi connectivity index (χ0n) is 9.49. The van der Waals surface area contributed by atoms with E-state index in [0.29, 0.717) is 16.4 Å². The second-order valence-electron chi connectivity index (χ2n) is 3.97. The highest BCUT2D eigenvalue weighted by Crippen LogP contribution is 2.35. The molecule has 0 spiro atoms. The van der Waals surface area contributed by atoms with Gasteiger partial charge in [-0.3, -0.25) is 0 Å². The van der Waals surface area contributed by atoms with Crippen LogP contribution in [0.15, 0.2) is 5.10 Å². The van der Waals surface area contributed by atoms with Crippen LogP contribution in [0.5, 0.6) is 0 Å². The lowest BCUT2D eigenvalue weighted by atomic mass is 9.95. The molecule has 86 valence electrons. The molecule has 0 bridgehead atoms. The Hall–Kier alpha value is -0.710. The first-order valence-electron chi connectivity index (χ1n) is 5.32. The summed E-state index contributed by atoms with van der Waals surface area (Å²) in [5.41, 5.74) is 8.38. The van der Waals surface area contributed by atoms with Crippen molar-refractivity contribution in [2.75, 3.05) is 0 Å². The Morgan fingerprint density at radius 2 is 2.33 bits per heavy atom. The highest BCUT2D eigenvalue weighted by molar-refractivity contribution is 8.00. The number of nitrogens with one attached hydrogen (secondary N) is 1. The number of primary amides is 1. The number of nitrogens with zero attached hydrogens (tertiary/aromatic N) is 1. The average molecular weight is 229 g/mol. The molecule has 1 aliphatic rings. The van der Waals surface area contributed by atoms with Crippen LogP contribution < -0.4 is 11.2 Å². The third-order valence-electron chi connectivity index (χ3n) is 2.70. The lowest BCUT2D eigenvalue weighted by molar-refractivity contribution is 0.249. The van der Waals surface area contributed by atoms with E-state index in [1.807, 2.05) is 11.8 Å². The summed E-state index contributed by atoms with van der Waals surface area (Å²) in [6.07, 6.45) is 2.06. The molecule has 1 fully saturated rings. The van der Waals surface area contributed by atoms with Gasteiger partial charge in [-0.05, 0) is 12.8 Å². The number of nitrogens with two attached hydrogens (primary N) is 1. The van der Waals surface area contributed by atoms with Crippen LogP contribution in [-0.2, 0) is 0 Å². The molecule has 1 heterocycles. The smallest absolute Gasteiger partial charge is 0.332 e. The van der Waals surface area contributed by atoms with Crippen LogP contribution in [0.3, 0.4) is 0 Å². The van der Waals surface area contributed by atoms with E-state index in [-0.39, 0.29) is 0 Å². The monoisotopic (exact) mass is 229 g/mol. The number of urea groups is 1. The Balaban J connectivity index is 2.69. The standard InChI is InChI=1S/C10H19N3OS/c1-4-9-7(3)8(5-6(2)15-9)12-13-10(11)14/h6-7,9H,4-5H2,1-3H3,(H3,11,13,14)/b12-8+/t6-,7-,9+/m1/s1. The van der Waals surface area contributed by atoms with Crippen LogP contribution in [-0.4, -0.2) is 22.2 Å². The van der Waals surface area contributed by atoms with Gasteiger partial charge in [0, 0.05) is 22.1 Å². The van der Waals surface area contributed by atoms with Crippen molar-refractivity contribution >= 4 is 23.5 Å². The Bertz CT molecular complexity index is 267. The van der Waals surface area contributed by atoms with Gasteiger partial charge in [0.2, 0.25) is 0 Å². The molecule has 0 aliphatic carbocycles. The van der Waals surface area contributed by atoms with E-state index in [0.717, 1.165) is 18.6 Å². The zero-order valence-corrected chi connectivity index (χ0v) is 10.3. The van der Waals surface area contributed by atoms with Crippen LogP contribution >= 0.6 is 11.8 Å². The number of carbonyl (C=O) groups is 1. The summed E-state index contributed by atoms with van der Waals surface area (Å²) >= 11 is 2.01. The fourth-order valence-corrected chi connectivity index (χ4v) is 3.33. The SMILES string of the molecule is CC[C@@H]1S[C@H](C)C/C(=N\NC(N)=O)[C@H]1C. The fourth-order valence-electron chi connectivity index (χ4n) is 1.88. The van der Waals surface area contributed by atoms with Crippen LogP contribution in [0.2, 0.25) is 0 Å². The summed E-state index contributed by atoms with van der Waals surface area (Å²) in [7, 11) is 0. The molecule has 2 amide bonds. The Morgan fingerprint density at radius 1 is 1.67 bits per heavy atom. The van der Waals surface area contributed by atoms with Crippen molar-refractivity contribution in [3.05, 3.63) is 0 Å². The van der Waals surface area contributed by atoms with Gasteiger partial charge >= 0.3 is 6.03 Å². The van der Waals surface area contributed by atoms with Crippen LogP contribution in [0.4, 0.5) is 4.79 Å². The molecule has 4 nitrogen and oxygen atoms in total. The minimum absolute atomic E-state index is 0.419. The maximum atomic E-state index is 10.6. The molecule has 15 heavy (non-hydrogen) atoms. The Kier molecular flexibility index (Phi) is 4.45. The normalized spacial score (nSPS) is 34.1. The van der Waals surface area contributed by atoms with E-state index < -0.39 is 6.03 Å². The second-order valence-corrected chi connectivity index (χ2v) is 5.65. The molecule has 1 aliphatic heterocycles. The fraction of sp³-hybridized carbons (Fsp3) is 0.800. The lowest BCUT2D eigenvalue weighted by Gasteiger charge is -2.32. The Morgan fingerprint density at radius 3 is 2.87 bits per heavy atom. The molecule has 3 N–H and O–H groups in total. The Labute approximate surface area is 95.1 Å². The van der Waals surface area contributed by atoms with Gasteiger partial charge in [-0.25, -0.2) is 10.2 Å². The van der Waals surface area contributed by atoms with Crippen molar-refractivity contribution in [1.29, 1.82) is 0 Å². The first-order chi connectivity index (χ1) is 7.04. The maximum absolute atomic E-state index is 10.6. The summed E-state index contributed by atoms with van der Waals surface area (Å²) in [5, 5.41) is 5.26. The van der Waals surface area contributed by atoms with Crippen molar-refractivity contribution < 1.29 is 4.79 Å². The number of hydrogen-bond acceptors (Lipinski definition) is 3. The van der Waals surface area contributed by atoms with Gasteiger partial charge in [-0.1, -0.05) is 20.8 Å². The number of rotatable bonds is 2. The quantitative estimate of drug-likeness (QED) is 0.711. The third-order valence-corrected chi connectivity index (χ3v) is 4.42. The molecule has 3 atom stereocenters. The van der Waals surface area contributed by atoms with E-state index in [9.17, 15) is 4.79 Å². The molecule has 0 aromatic rings. The summed E-state index contributed by atoms with van der Waals surface area (Å²) in [6, 6.07) is -0.589. The van der Waals surface area contributed by atoms with Gasteiger partial charge in [0.15, 0.2) is 0 Å². The van der Waals surface area contributed by atoms with Gasteiger partial charge in [-0.15, -0.1) is 0 Å². The van der Waals surface area contributed by atoms with Gasteiger partial charge in [0.1, 0.15) is 0 Å². The topological polar surface area (TPSA) is 67.5 Å². The van der Waals surface area contributed by atoms with E-state index in [1.54, 1.807) is 0 Å². The number of amides is 2. The van der Waals surface area contributed by atoms with E-state index in [4.69, 9.17) is 5.73 Å². The predicted molar refractivity (Wildman–Crippen MR) is 65.1 cm³/mol. The molecule has 0 aromatic heterocycles. The molecule has 5 heteroatoms. The van der Waals surface area contributed by atoms with Gasteiger partial charge in [-0.2, -0.15) is 16.9 Å². The van der Waals surface area contributed by atoms with Crippen LogP contribution in [0, 0.1) is 5.92 Å². The van der Waals surface area contributed by atoms with Crippen molar-refractivity contribution in [2.45, 2.75) is 44.1 Å². The van der Waals surface area contributed by atoms with Crippen molar-refractivity contribution in [3.63, 3.8) is 0 Å². The zero-order chi connectivity index (χ0) is 11.4. The van der Waals surface area contributed by atoms with Crippen LogP contribution in [0.25, 0.3) is 0 Å². The average Bonchev–Trinajstić information content (AvgIpc) is 2.18. The molecular weight excluding hydrogens is 210 g/mol. The second kappa shape index (κ2) is 5.39. The highest BCUT2D eigenvalue weighted by atomic mass is 32.2. The minimum atomic E-state index is -0.589. The van der Waals surface area contributed by atoms with Crippen molar-refractivity contribution in [3.8, 4) is 0 Å². The van der Waals surface area contributed by atoms with Gasteiger partial charge < -0.3 is 5.73 Å². The highest BCUT2D eigenvalue weighted by Gasteiger charge is 2.29. The number of carbonyl (C=O) groups excluding carboxylic acids is 1. The first-order valence-corrected chi connectivity index (χ1v) is 6.26. The molecule has 1 saturated heterocycles. The number of hydrogen-bond donors (Lipinski definition) is 2. The van der Waals surface area contributed by atoms with E-state index >= 15 is 0 Å². The van der Waals surface area contributed by atoms with Crippen molar-refractivity contribution in [2.24, 2.45) is 16.8 Å². The largest absolute Gasteiger partial charge is 0.350 e. The molecule has 0 aromatic carbocycles. The predicted octanol–water partition coefficient (Wildman–Crippen LogP) is 1.95. The first kappa shape index (κ1) is 12.4. The molecular formula is C10H19N3OS. The number of thioether (sulfide) groups is 1. The van der Waals surface area contributed by atoms with Crippen LogP contribution in [0.1, 0.15) is 33.6 Å². The minimum Gasteiger partial charge on any atom is -0.350 e. The summed E-state index contributed by atoms with van der Waals surface area (Å²) < 4.78 is 0. The van der Waals surface area contributed by atoms with E-state index in [1.165, 1.54) is 0 Å². The summed E-state index contributed by atoms with van der Waals surface area (Å²) in [6.45, 7) is 6.54. The molecule has 0 saturated carbocycles. The van der Waals surface area contributed by atoms with Gasteiger partial charge in [0.25, 0.3) is 0 Å². The molecule has 0 radical (unpaired) electrons. The lowest BCUT2D eigenvalue weighted by Crippen LogP contribution is -2.35. The van der Waals surface area contributed by atoms with E-state index in [2.05, 4.69) is 31.3 Å². The summed E-state index contributed by atoms with van der Waals surface area (Å²) in [4.78, 5) is 10.6. The van der Waals surface area contributed by atoms with Gasteiger partial charge in [0.05, 0.1) is 0 Å². The maximum Gasteiger partial charge on any atom is 0.332 e. The third kappa shape index (κ3) is 3.41. The molecule has 0 unspecified atom stereocenters. The molecule has 1 rings (SSSR count). The van der Waals surface area contributed by atoms with Crippen molar-refractivity contribution in [1.82, 2.24) is 5.43 Å². The number of hydrazone groups is 1. The summed E-state index contributed by atoms with van der Waals surface area (Å²) in [5.74, 6) is 0.419.